The lowest BCUT2D eigenvalue weighted by atomic mass is 9.80. The number of carbonyl (C=O) groups excluding carboxylic acids is 1. The molecule has 7 heteroatoms. The third-order valence-electron chi connectivity index (χ3n) is 5.79. The summed E-state index contributed by atoms with van der Waals surface area (Å²) < 4.78 is 35.7. The molecule has 2 aliphatic rings. The van der Waals surface area contributed by atoms with E-state index in [-0.39, 0.29) is 37.3 Å². The average molecular weight is 403 g/mol. The predicted molar refractivity (Wildman–Crippen MR) is 101 cm³/mol. The average Bonchev–Trinajstić information content (AvgIpc) is 2.99. The van der Waals surface area contributed by atoms with Crippen LogP contribution in [0.1, 0.15) is 36.8 Å². The minimum atomic E-state index is -2.97. The van der Waals surface area contributed by atoms with Crippen molar-refractivity contribution in [1.29, 1.82) is 0 Å². The first-order valence-electron chi connectivity index (χ1n) is 9.72. The minimum absolute atomic E-state index is 0.0236. The van der Waals surface area contributed by atoms with Crippen LogP contribution in [0.5, 0.6) is 5.75 Å². The number of para-hydroxylation sites is 1. The first kappa shape index (κ1) is 19.6. The summed E-state index contributed by atoms with van der Waals surface area (Å²) >= 11 is 0. The van der Waals surface area contributed by atoms with Crippen LogP contribution in [-0.4, -0.2) is 34.8 Å². The number of nitrogens with zero attached hydrogens (tertiary/aromatic N) is 1. The molecule has 2 saturated heterocycles. The molecule has 2 bridgehead atoms. The van der Waals surface area contributed by atoms with Crippen LogP contribution >= 0.6 is 0 Å². The van der Waals surface area contributed by atoms with Gasteiger partial charge in [-0.2, -0.15) is 8.78 Å². The first-order valence-corrected chi connectivity index (χ1v) is 9.72. The van der Waals surface area contributed by atoms with Gasteiger partial charge in [-0.3, -0.25) is 0 Å². The van der Waals surface area contributed by atoms with E-state index in [1.54, 1.807) is 23.1 Å². The zero-order valence-electron chi connectivity index (χ0n) is 15.8. The monoisotopic (exact) mass is 403 g/mol. The van der Waals surface area contributed by atoms with Crippen LogP contribution in [0.15, 0.2) is 54.6 Å². The van der Waals surface area contributed by atoms with Gasteiger partial charge in [0.15, 0.2) is 0 Å². The molecule has 2 aromatic rings. The van der Waals surface area contributed by atoms with Crippen LogP contribution in [-0.2, 0) is 16.9 Å². The molecule has 0 radical (unpaired) electrons. The fraction of sp³-hybridized carbons (Fsp3) is 0.409. The lowest BCUT2D eigenvalue weighted by Crippen LogP contribution is -2.52. The van der Waals surface area contributed by atoms with Crippen LogP contribution in [0.4, 0.5) is 13.6 Å². The fourth-order valence-corrected chi connectivity index (χ4v) is 4.59. The van der Waals surface area contributed by atoms with Crippen molar-refractivity contribution in [3.8, 4) is 5.75 Å². The molecule has 0 aliphatic carbocycles. The zero-order valence-corrected chi connectivity index (χ0v) is 15.8. The van der Waals surface area contributed by atoms with E-state index >= 15 is 0 Å². The van der Waals surface area contributed by atoms with Crippen molar-refractivity contribution < 1.29 is 28.2 Å². The largest absolute Gasteiger partial charge is 0.445 e. The molecule has 154 valence electrons. The Kier molecular flexibility index (Phi) is 5.41. The molecule has 2 fully saturated rings. The van der Waals surface area contributed by atoms with Gasteiger partial charge in [-0.25, -0.2) is 4.79 Å². The number of piperidine rings is 1. The number of hydrogen-bond acceptors (Lipinski definition) is 4. The second-order valence-corrected chi connectivity index (χ2v) is 7.65. The van der Waals surface area contributed by atoms with Gasteiger partial charge in [-0.05, 0) is 24.5 Å². The minimum Gasteiger partial charge on any atom is -0.445 e. The van der Waals surface area contributed by atoms with Gasteiger partial charge in [-0.15, -0.1) is 0 Å². The Bertz CT molecular complexity index is 847. The maximum absolute atomic E-state index is 12.8. The molecule has 5 nitrogen and oxygen atoms in total. The molecule has 2 aromatic carbocycles. The van der Waals surface area contributed by atoms with Crippen molar-refractivity contribution in [2.24, 2.45) is 0 Å². The van der Waals surface area contributed by atoms with E-state index in [0.29, 0.717) is 5.56 Å². The lowest BCUT2D eigenvalue weighted by molar-refractivity contribution is -0.0691. The highest BCUT2D eigenvalue weighted by Gasteiger charge is 2.51. The van der Waals surface area contributed by atoms with Crippen molar-refractivity contribution in [3.05, 3.63) is 65.7 Å². The van der Waals surface area contributed by atoms with Crippen molar-refractivity contribution in [2.75, 3.05) is 0 Å². The van der Waals surface area contributed by atoms with E-state index in [1.165, 1.54) is 6.07 Å². The molecular formula is C22H23F2NO4. The summed E-state index contributed by atoms with van der Waals surface area (Å²) in [6.45, 7) is -2.78. The second-order valence-electron chi connectivity index (χ2n) is 7.65. The number of carbonyl (C=O) groups is 1. The number of hydrogen-bond donors (Lipinski definition) is 1. The normalized spacial score (nSPS) is 25.9. The molecule has 1 N–H and O–H groups in total. The second kappa shape index (κ2) is 7.99. The maximum atomic E-state index is 12.8. The van der Waals surface area contributed by atoms with Crippen LogP contribution < -0.4 is 4.74 Å². The molecule has 0 saturated carbocycles. The Labute approximate surface area is 167 Å². The summed E-state index contributed by atoms with van der Waals surface area (Å²) in [5, 5.41) is 11.3. The van der Waals surface area contributed by atoms with Gasteiger partial charge < -0.3 is 19.5 Å². The molecule has 0 aromatic heterocycles. The van der Waals surface area contributed by atoms with Crippen molar-refractivity contribution >= 4 is 6.09 Å². The van der Waals surface area contributed by atoms with E-state index in [9.17, 15) is 18.7 Å². The number of benzene rings is 2. The van der Waals surface area contributed by atoms with E-state index in [4.69, 9.17) is 4.74 Å². The summed E-state index contributed by atoms with van der Waals surface area (Å²) in [5.74, 6) is -0.0236. The molecule has 0 spiro atoms. The molecule has 2 atom stereocenters. The molecule has 4 rings (SSSR count). The number of fused-ring (bicyclic) bond motifs is 2. The van der Waals surface area contributed by atoms with Gasteiger partial charge in [0.1, 0.15) is 12.4 Å². The first-order chi connectivity index (χ1) is 14.0. The molecular weight excluding hydrogens is 380 g/mol. The summed E-state index contributed by atoms with van der Waals surface area (Å²) in [5.41, 5.74) is -0.0812. The number of alkyl halides is 2. The Morgan fingerprint density at radius 1 is 1.07 bits per heavy atom. The van der Waals surface area contributed by atoms with Gasteiger partial charge in [0.2, 0.25) is 0 Å². The quantitative estimate of drug-likeness (QED) is 0.802. The summed E-state index contributed by atoms with van der Waals surface area (Å²) in [7, 11) is 0. The molecule has 29 heavy (non-hydrogen) atoms. The van der Waals surface area contributed by atoms with Gasteiger partial charge >= 0.3 is 12.7 Å². The van der Waals surface area contributed by atoms with Crippen LogP contribution in [0.3, 0.4) is 0 Å². The van der Waals surface area contributed by atoms with Gasteiger partial charge in [0, 0.05) is 30.5 Å². The molecule has 1 amide bonds. The number of halogens is 2. The van der Waals surface area contributed by atoms with Crippen LogP contribution in [0.25, 0.3) is 0 Å². The maximum Gasteiger partial charge on any atom is 0.410 e. The van der Waals surface area contributed by atoms with E-state index in [1.807, 2.05) is 30.3 Å². The Morgan fingerprint density at radius 2 is 1.69 bits per heavy atom. The summed E-state index contributed by atoms with van der Waals surface area (Å²) in [4.78, 5) is 14.4. The van der Waals surface area contributed by atoms with Gasteiger partial charge in [-0.1, -0.05) is 48.5 Å². The highest BCUT2D eigenvalue weighted by Crippen LogP contribution is 2.48. The molecule has 2 heterocycles. The zero-order chi connectivity index (χ0) is 20.4. The lowest BCUT2D eigenvalue weighted by Gasteiger charge is -2.43. The fourth-order valence-electron chi connectivity index (χ4n) is 4.59. The predicted octanol–water partition coefficient (Wildman–Crippen LogP) is 4.44. The third-order valence-corrected chi connectivity index (χ3v) is 5.79. The van der Waals surface area contributed by atoms with Crippen molar-refractivity contribution in [3.63, 3.8) is 0 Å². The van der Waals surface area contributed by atoms with E-state index in [0.717, 1.165) is 18.4 Å². The van der Waals surface area contributed by atoms with Gasteiger partial charge in [0.25, 0.3) is 0 Å². The summed E-state index contributed by atoms with van der Waals surface area (Å²) in [6, 6.07) is 15.3. The number of aliphatic hydroxyl groups is 1. The van der Waals surface area contributed by atoms with E-state index < -0.39 is 18.3 Å². The topological polar surface area (TPSA) is 59.0 Å². The van der Waals surface area contributed by atoms with Crippen LogP contribution in [0, 0.1) is 0 Å². The standard InChI is InChI=1S/C22H23F2NO4/c23-20(24)29-19-9-5-4-8-18(19)22(27)12-16-10-11-17(13-22)25(16)21(26)28-14-15-6-2-1-3-7-15/h1-9,16-17,20,27H,10-14H2. The van der Waals surface area contributed by atoms with Gasteiger partial charge in [0.05, 0.1) is 5.60 Å². The Hall–Kier alpha value is -2.67. The molecule has 2 unspecified atom stereocenters. The Morgan fingerprint density at radius 3 is 2.34 bits per heavy atom. The number of rotatable bonds is 5. The highest BCUT2D eigenvalue weighted by molar-refractivity contribution is 5.69. The molecule has 2 aliphatic heterocycles. The highest BCUT2D eigenvalue weighted by atomic mass is 19.3. The van der Waals surface area contributed by atoms with Crippen molar-refractivity contribution in [2.45, 2.75) is 56.6 Å². The summed E-state index contributed by atoms with van der Waals surface area (Å²) in [6.07, 6.45) is 1.60. The Balaban J connectivity index is 1.48. The van der Waals surface area contributed by atoms with Crippen molar-refractivity contribution in [1.82, 2.24) is 4.90 Å². The van der Waals surface area contributed by atoms with E-state index in [2.05, 4.69) is 4.74 Å². The van der Waals surface area contributed by atoms with Crippen LogP contribution in [0.2, 0.25) is 0 Å². The number of ether oxygens (including phenoxy) is 2. The third kappa shape index (κ3) is 4.05. The smallest absolute Gasteiger partial charge is 0.410 e. The number of amides is 1. The SMILES string of the molecule is O=C(OCc1ccccc1)N1C2CCC1CC(O)(c1ccccc1OC(F)F)C2.